The van der Waals surface area contributed by atoms with E-state index in [0.29, 0.717) is 41.2 Å². The molecule has 0 aliphatic carbocycles. The number of rotatable bonds is 8. The zero-order chi connectivity index (χ0) is 20.6. The summed E-state index contributed by atoms with van der Waals surface area (Å²) in [6.45, 7) is 3.26. The van der Waals surface area contributed by atoms with Crippen molar-refractivity contribution in [1.82, 2.24) is 10.2 Å². The largest absolute Gasteiger partial charge is 0.493 e. The van der Waals surface area contributed by atoms with Crippen LogP contribution in [0.3, 0.4) is 0 Å². The highest BCUT2D eigenvalue weighted by Gasteiger charge is 2.25. The zero-order valence-electron chi connectivity index (χ0n) is 16.5. The average Bonchev–Trinajstić information content (AvgIpc) is 2.74. The summed E-state index contributed by atoms with van der Waals surface area (Å²) < 4.78 is 11.0. The van der Waals surface area contributed by atoms with Crippen molar-refractivity contribution in [2.24, 2.45) is 5.92 Å². The summed E-state index contributed by atoms with van der Waals surface area (Å²) in [5.41, 5.74) is 0.951. The SMILES string of the molecule is COc1ccccc1OCCNC(=O)C1CCN(Cc2c(Cl)cccc2Cl)CC1. The molecular formula is C22H26Cl2N2O3. The molecule has 0 unspecified atom stereocenters. The van der Waals surface area contributed by atoms with Gasteiger partial charge in [-0.3, -0.25) is 9.69 Å². The number of likely N-dealkylation sites (tertiary alicyclic amines) is 1. The van der Waals surface area contributed by atoms with Crippen molar-refractivity contribution in [3.8, 4) is 11.5 Å². The highest BCUT2D eigenvalue weighted by molar-refractivity contribution is 6.35. The summed E-state index contributed by atoms with van der Waals surface area (Å²) in [5, 5.41) is 4.35. The maximum atomic E-state index is 12.5. The van der Waals surface area contributed by atoms with Crippen molar-refractivity contribution in [2.75, 3.05) is 33.4 Å². The summed E-state index contributed by atoms with van der Waals surface area (Å²) >= 11 is 12.5. The predicted molar refractivity (Wildman–Crippen MR) is 116 cm³/mol. The van der Waals surface area contributed by atoms with Crippen LogP contribution in [0.5, 0.6) is 11.5 Å². The van der Waals surface area contributed by atoms with Crippen LogP contribution in [0.4, 0.5) is 0 Å². The summed E-state index contributed by atoms with van der Waals surface area (Å²) in [7, 11) is 1.61. The molecule has 1 saturated heterocycles. The zero-order valence-corrected chi connectivity index (χ0v) is 18.0. The van der Waals surface area contributed by atoms with Crippen molar-refractivity contribution >= 4 is 29.1 Å². The van der Waals surface area contributed by atoms with Gasteiger partial charge in [-0.25, -0.2) is 0 Å². The molecular weight excluding hydrogens is 411 g/mol. The molecule has 0 radical (unpaired) electrons. The number of nitrogens with zero attached hydrogens (tertiary/aromatic N) is 1. The molecule has 1 heterocycles. The van der Waals surface area contributed by atoms with E-state index in [9.17, 15) is 4.79 Å². The molecule has 3 rings (SSSR count). The molecule has 29 heavy (non-hydrogen) atoms. The summed E-state index contributed by atoms with van der Waals surface area (Å²) in [6, 6.07) is 13.0. The molecule has 1 fully saturated rings. The van der Waals surface area contributed by atoms with Crippen LogP contribution in [0.15, 0.2) is 42.5 Å². The highest BCUT2D eigenvalue weighted by Crippen LogP contribution is 2.28. The molecule has 0 aromatic heterocycles. The van der Waals surface area contributed by atoms with Crippen LogP contribution in [0.1, 0.15) is 18.4 Å². The van der Waals surface area contributed by atoms with Gasteiger partial charge in [-0.1, -0.05) is 41.4 Å². The smallest absolute Gasteiger partial charge is 0.223 e. The molecule has 0 spiro atoms. The van der Waals surface area contributed by atoms with Crippen molar-refractivity contribution in [2.45, 2.75) is 19.4 Å². The number of ether oxygens (including phenoxy) is 2. The van der Waals surface area contributed by atoms with Crippen molar-refractivity contribution in [3.63, 3.8) is 0 Å². The number of carbonyl (C=O) groups excluding carboxylic acids is 1. The number of halogens is 2. The van der Waals surface area contributed by atoms with Gasteiger partial charge in [0.2, 0.25) is 5.91 Å². The Balaban J connectivity index is 1.39. The third-order valence-electron chi connectivity index (χ3n) is 5.13. The van der Waals surface area contributed by atoms with Crippen LogP contribution in [0.2, 0.25) is 10.0 Å². The lowest BCUT2D eigenvalue weighted by atomic mass is 9.95. The maximum absolute atomic E-state index is 12.5. The number of nitrogens with one attached hydrogen (secondary N) is 1. The molecule has 2 aromatic carbocycles. The number of amides is 1. The van der Waals surface area contributed by atoms with E-state index in [-0.39, 0.29) is 11.8 Å². The molecule has 0 atom stereocenters. The maximum Gasteiger partial charge on any atom is 0.223 e. The van der Waals surface area contributed by atoms with Crippen molar-refractivity contribution < 1.29 is 14.3 Å². The lowest BCUT2D eigenvalue weighted by molar-refractivity contribution is -0.126. The average molecular weight is 437 g/mol. The number of benzene rings is 2. The Labute approximate surface area is 181 Å². The van der Waals surface area contributed by atoms with E-state index in [4.69, 9.17) is 32.7 Å². The highest BCUT2D eigenvalue weighted by atomic mass is 35.5. The fraction of sp³-hybridized carbons (Fsp3) is 0.409. The number of para-hydroxylation sites is 2. The molecule has 0 bridgehead atoms. The van der Waals surface area contributed by atoms with E-state index < -0.39 is 0 Å². The Morgan fingerprint density at radius 3 is 2.38 bits per heavy atom. The molecule has 7 heteroatoms. The predicted octanol–water partition coefficient (Wildman–Crippen LogP) is 4.41. The van der Waals surface area contributed by atoms with E-state index in [1.165, 1.54) is 0 Å². The normalized spacial score (nSPS) is 15.1. The van der Waals surface area contributed by atoms with Crippen LogP contribution in [-0.2, 0) is 11.3 Å². The van der Waals surface area contributed by atoms with Crippen molar-refractivity contribution in [1.29, 1.82) is 0 Å². The standard InChI is InChI=1S/C22H26Cl2N2O3/c1-28-20-7-2-3-8-21(20)29-14-11-25-22(27)16-9-12-26(13-10-16)15-17-18(23)5-4-6-19(17)24/h2-8,16H,9-15H2,1H3,(H,25,27). The van der Waals surface area contributed by atoms with Crippen LogP contribution in [0.25, 0.3) is 0 Å². The first kappa shape index (κ1) is 21.8. The van der Waals surface area contributed by atoms with Gasteiger partial charge in [0.1, 0.15) is 6.61 Å². The number of hydrogen-bond donors (Lipinski definition) is 1. The van der Waals surface area contributed by atoms with E-state index in [2.05, 4.69) is 10.2 Å². The van der Waals surface area contributed by atoms with Gasteiger partial charge in [0.15, 0.2) is 11.5 Å². The Bertz CT molecular complexity index is 803. The number of methoxy groups -OCH3 is 1. The Hall–Kier alpha value is -1.95. The molecule has 1 N–H and O–H groups in total. The van der Waals surface area contributed by atoms with E-state index in [0.717, 1.165) is 31.5 Å². The third-order valence-corrected chi connectivity index (χ3v) is 5.84. The van der Waals surface area contributed by atoms with Gasteiger partial charge >= 0.3 is 0 Å². The minimum atomic E-state index is 0.0271. The fourth-order valence-electron chi connectivity index (χ4n) is 3.48. The van der Waals surface area contributed by atoms with E-state index in [1.807, 2.05) is 42.5 Å². The van der Waals surface area contributed by atoms with Crippen LogP contribution >= 0.6 is 23.2 Å². The quantitative estimate of drug-likeness (QED) is 0.622. The lowest BCUT2D eigenvalue weighted by Gasteiger charge is -2.31. The summed E-state index contributed by atoms with van der Waals surface area (Å²) in [6.07, 6.45) is 1.64. The number of hydrogen-bond acceptors (Lipinski definition) is 4. The number of carbonyl (C=O) groups is 1. The van der Waals surface area contributed by atoms with Gasteiger partial charge in [-0.05, 0) is 50.2 Å². The van der Waals surface area contributed by atoms with Crippen LogP contribution in [-0.4, -0.2) is 44.2 Å². The van der Waals surface area contributed by atoms with Crippen LogP contribution < -0.4 is 14.8 Å². The van der Waals surface area contributed by atoms with Gasteiger partial charge in [0.05, 0.1) is 13.7 Å². The Kier molecular flexibility index (Phi) is 8.04. The van der Waals surface area contributed by atoms with Gasteiger partial charge < -0.3 is 14.8 Å². The fourth-order valence-corrected chi connectivity index (χ4v) is 3.99. The first-order chi connectivity index (χ1) is 14.1. The second-order valence-electron chi connectivity index (χ2n) is 7.04. The first-order valence-electron chi connectivity index (χ1n) is 9.77. The lowest BCUT2D eigenvalue weighted by Crippen LogP contribution is -2.41. The van der Waals surface area contributed by atoms with Gasteiger partial charge in [-0.2, -0.15) is 0 Å². The molecule has 1 aliphatic rings. The monoisotopic (exact) mass is 436 g/mol. The summed E-state index contributed by atoms with van der Waals surface area (Å²) in [5.74, 6) is 1.48. The molecule has 1 aliphatic heterocycles. The second kappa shape index (κ2) is 10.7. The molecule has 0 saturated carbocycles. The summed E-state index contributed by atoms with van der Waals surface area (Å²) in [4.78, 5) is 14.7. The number of piperidine rings is 1. The van der Waals surface area contributed by atoms with Gasteiger partial charge in [0.25, 0.3) is 0 Å². The second-order valence-corrected chi connectivity index (χ2v) is 7.86. The van der Waals surface area contributed by atoms with Gasteiger partial charge in [0, 0.05) is 28.1 Å². The first-order valence-corrected chi connectivity index (χ1v) is 10.5. The van der Waals surface area contributed by atoms with Crippen molar-refractivity contribution in [3.05, 3.63) is 58.1 Å². The minimum Gasteiger partial charge on any atom is -0.493 e. The van der Waals surface area contributed by atoms with Crippen LogP contribution in [0, 0.1) is 5.92 Å². The molecule has 5 nitrogen and oxygen atoms in total. The Morgan fingerprint density at radius 1 is 1.07 bits per heavy atom. The Morgan fingerprint density at radius 2 is 1.72 bits per heavy atom. The molecule has 156 valence electrons. The third kappa shape index (κ3) is 6.01. The topological polar surface area (TPSA) is 50.8 Å². The molecule has 2 aromatic rings. The van der Waals surface area contributed by atoms with E-state index >= 15 is 0 Å². The van der Waals surface area contributed by atoms with E-state index in [1.54, 1.807) is 7.11 Å². The van der Waals surface area contributed by atoms with Gasteiger partial charge in [-0.15, -0.1) is 0 Å². The minimum absolute atomic E-state index is 0.0271. The molecule has 1 amide bonds.